The minimum atomic E-state index is 0.118. The number of hydrogen-bond donors (Lipinski definition) is 2. The predicted octanol–water partition coefficient (Wildman–Crippen LogP) is 0.623. The van der Waals surface area contributed by atoms with Crippen LogP contribution in [0.15, 0.2) is 0 Å². The molecule has 0 spiro atoms. The van der Waals surface area contributed by atoms with Crippen molar-refractivity contribution in [2.45, 2.75) is 32.4 Å². The lowest BCUT2D eigenvalue weighted by Crippen LogP contribution is -2.41. The molecular formula is C11H22N2O2S. The van der Waals surface area contributed by atoms with E-state index in [0.717, 1.165) is 18.1 Å². The maximum Gasteiger partial charge on any atom is 0.221 e. The highest BCUT2D eigenvalue weighted by Gasteiger charge is 2.16. The van der Waals surface area contributed by atoms with E-state index in [0.29, 0.717) is 25.6 Å². The third-order valence-corrected chi connectivity index (χ3v) is 3.44. The zero-order valence-electron chi connectivity index (χ0n) is 10.1. The molecular weight excluding hydrogens is 224 g/mol. The summed E-state index contributed by atoms with van der Waals surface area (Å²) in [6.07, 6.45) is 0.808. The molecule has 1 atom stereocenters. The Balaban J connectivity index is 2.01. The molecule has 1 saturated heterocycles. The van der Waals surface area contributed by atoms with Crippen LogP contribution in [-0.4, -0.2) is 49.3 Å². The van der Waals surface area contributed by atoms with Crippen LogP contribution < -0.4 is 10.6 Å². The van der Waals surface area contributed by atoms with E-state index in [9.17, 15) is 4.79 Å². The Hall–Kier alpha value is -0.260. The van der Waals surface area contributed by atoms with Crippen LogP contribution in [0.5, 0.6) is 0 Å². The molecule has 0 bridgehead atoms. The first kappa shape index (κ1) is 13.8. The summed E-state index contributed by atoms with van der Waals surface area (Å²) >= 11 is 1.91. The van der Waals surface area contributed by atoms with E-state index in [1.54, 1.807) is 0 Å². The van der Waals surface area contributed by atoms with Crippen LogP contribution in [0, 0.1) is 0 Å². The molecule has 1 aliphatic heterocycles. The Morgan fingerprint density at radius 3 is 3.06 bits per heavy atom. The van der Waals surface area contributed by atoms with Gasteiger partial charge in [0.2, 0.25) is 5.91 Å². The van der Waals surface area contributed by atoms with Crippen molar-refractivity contribution in [1.82, 2.24) is 10.6 Å². The Kier molecular flexibility index (Phi) is 6.84. The summed E-state index contributed by atoms with van der Waals surface area (Å²) in [5, 5.41) is 6.22. The molecule has 1 amide bonds. The Bertz CT molecular complexity index is 206. The van der Waals surface area contributed by atoms with Crippen LogP contribution in [0.1, 0.15) is 20.3 Å². The van der Waals surface area contributed by atoms with Crippen molar-refractivity contribution in [3.8, 4) is 0 Å². The lowest BCUT2D eigenvalue weighted by Gasteiger charge is -2.22. The number of hydrogen-bond acceptors (Lipinski definition) is 4. The van der Waals surface area contributed by atoms with E-state index >= 15 is 0 Å². The molecule has 16 heavy (non-hydrogen) atoms. The summed E-state index contributed by atoms with van der Waals surface area (Å²) in [4.78, 5) is 11.5. The van der Waals surface area contributed by atoms with Gasteiger partial charge in [-0.25, -0.2) is 0 Å². The van der Waals surface area contributed by atoms with Crippen molar-refractivity contribution in [1.29, 1.82) is 0 Å². The molecule has 0 aromatic heterocycles. The number of ether oxygens (including phenoxy) is 1. The molecule has 0 aromatic carbocycles. The normalized spacial score (nSPS) is 21.1. The predicted molar refractivity (Wildman–Crippen MR) is 67.8 cm³/mol. The molecule has 1 fully saturated rings. The number of thioether (sulfide) groups is 1. The lowest BCUT2D eigenvalue weighted by molar-refractivity contribution is -0.121. The summed E-state index contributed by atoms with van der Waals surface area (Å²) < 4.78 is 5.35. The van der Waals surface area contributed by atoms with Gasteiger partial charge in [-0.05, 0) is 13.8 Å². The monoisotopic (exact) mass is 246 g/mol. The van der Waals surface area contributed by atoms with E-state index in [1.165, 1.54) is 0 Å². The molecule has 0 aromatic rings. The SMILES string of the molecule is CC(C)OCCNC(=O)CC1CSCCN1. The largest absolute Gasteiger partial charge is 0.377 e. The van der Waals surface area contributed by atoms with Crippen molar-refractivity contribution < 1.29 is 9.53 Å². The van der Waals surface area contributed by atoms with Crippen LogP contribution in [-0.2, 0) is 9.53 Å². The Labute approximate surface area is 102 Å². The number of nitrogens with one attached hydrogen (secondary N) is 2. The van der Waals surface area contributed by atoms with Gasteiger partial charge in [0, 0.05) is 37.1 Å². The van der Waals surface area contributed by atoms with Gasteiger partial charge in [0.15, 0.2) is 0 Å². The van der Waals surface area contributed by atoms with Crippen molar-refractivity contribution in [3.05, 3.63) is 0 Å². The smallest absolute Gasteiger partial charge is 0.221 e. The maximum absolute atomic E-state index is 11.5. The van der Waals surface area contributed by atoms with Gasteiger partial charge < -0.3 is 15.4 Å². The van der Waals surface area contributed by atoms with Crippen molar-refractivity contribution >= 4 is 17.7 Å². The van der Waals surface area contributed by atoms with Crippen molar-refractivity contribution in [2.24, 2.45) is 0 Å². The van der Waals surface area contributed by atoms with E-state index in [2.05, 4.69) is 10.6 Å². The van der Waals surface area contributed by atoms with Crippen LogP contribution in [0.2, 0.25) is 0 Å². The molecule has 5 heteroatoms. The van der Waals surface area contributed by atoms with Gasteiger partial charge in [-0.3, -0.25) is 4.79 Å². The minimum Gasteiger partial charge on any atom is -0.377 e. The summed E-state index contributed by atoms with van der Waals surface area (Å²) in [5.74, 6) is 2.31. The van der Waals surface area contributed by atoms with Crippen LogP contribution in [0.4, 0.5) is 0 Å². The number of carbonyl (C=O) groups excluding carboxylic acids is 1. The number of carbonyl (C=O) groups is 1. The first-order chi connectivity index (χ1) is 7.68. The van der Waals surface area contributed by atoms with Crippen LogP contribution in [0.25, 0.3) is 0 Å². The van der Waals surface area contributed by atoms with E-state index in [1.807, 2.05) is 25.6 Å². The molecule has 1 unspecified atom stereocenters. The zero-order chi connectivity index (χ0) is 11.8. The van der Waals surface area contributed by atoms with Crippen LogP contribution in [0.3, 0.4) is 0 Å². The van der Waals surface area contributed by atoms with Gasteiger partial charge in [-0.1, -0.05) is 0 Å². The lowest BCUT2D eigenvalue weighted by atomic mass is 10.2. The molecule has 0 aliphatic carbocycles. The van der Waals surface area contributed by atoms with E-state index < -0.39 is 0 Å². The molecule has 1 rings (SSSR count). The minimum absolute atomic E-state index is 0.118. The zero-order valence-corrected chi connectivity index (χ0v) is 10.9. The highest BCUT2D eigenvalue weighted by Crippen LogP contribution is 2.09. The Morgan fingerprint density at radius 2 is 2.44 bits per heavy atom. The number of amides is 1. The standard InChI is InChI=1S/C11H22N2O2S/c1-9(2)15-5-3-13-11(14)7-10-8-16-6-4-12-10/h9-10,12H,3-8H2,1-2H3,(H,13,14). The fourth-order valence-corrected chi connectivity index (χ4v) is 2.48. The molecule has 1 aliphatic rings. The second kappa shape index (κ2) is 7.92. The highest BCUT2D eigenvalue weighted by molar-refractivity contribution is 7.99. The molecule has 0 saturated carbocycles. The molecule has 0 radical (unpaired) electrons. The molecule has 2 N–H and O–H groups in total. The summed E-state index contributed by atoms with van der Waals surface area (Å²) in [7, 11) is 0. The van der Waals surface area contributed by atoms with E-state index in [4.69, 9.17) is 4.74 Å². The van der Waals surface area contributed by atoms with Gasteiger partial charge in [0.1, 0.15) is 0 Å². The van der Waals surface area contributed by atoms with Crippen molar-refractivity contribution in [3.63, 3.8) is 0 Å². The quantitative estimate of drug-likeness (QED) is 0.675. The maximum atomic E-state index is 11.5. The average molecular weight is 246 g/mol. The summed E-state index contributed by atoms with van der Waals surface area (Å²) in [6, 6.07) is 0.338. The third kappa shape index (κ3) is 6.35. The first-order valence-corrected chi connectivity index (χ1v) is 7.03. The fraction of sp³-hybridized carbons (Fsp3) is 0.909. The van der Waals surface area contributed by atoms with E-state index in [-0.39, 0.29) is 12.0 Å². The van der Waals surface area contributed by atoms with Gasteiger partial charge in [0.05, 0.1) is 12.7 Å². The highest BCUT2D eigenvalue weighted by atomic mass is 32.2. The number of rotatable bonds is 6. The van der Waals surface area contributed by atoms with Gasteiger partial charge in [-0.15, -0.1) is 0 Å². The van der Waals surface area contributed by atoms with Gasteiger partial charge in [0.25, 0.3) is 0 Å². The molecule has 4 nitrogen and oxygen atoms in total. The average Bonchev–Trinajstić information content (AvgIpc) is 2.25. The summed E-state index contributed by atoms with van der Waals surface area (Å²) in [5.41, 5.74) is 0. The van der Waals surface area contributed by atoms with Crippen LogP contribution >= 0.6 is 11.8 Å². The second-order valence-corrected chi connectivity index (χ2v) is 5.35. The fourth-order valence-electron chi connectivity index (χ4n) is 1.53. The van der Waals surface area contributed by atoms with Gasteiger partial charge in [-0.2, -0.15) is 11.8 Å². The molecule has 94 valence electrons. The molecule has 1 heterocycles. The third-order valence-electron chi connectivity index (χ3n) is 2.31. The van der Waals surface area contributed by atoms with Crippen molar-refractivity contribution in [2.75, 3.05) is 31.2 Å². The Morgan fingerprint density at radius 1 is 1.62 bits per heavy atom. The summed E-state index contributed by atoms with van der Waals surface area (Å²) in [6.45, 7) is 6.20. The second-order valence-electron chi connectivity index (χ2n) is 4.20. The first-order valence-electron chi connectivity index (χ1n) is 5.88. The topological polar surface area (TPSA) is 50.4 Å². The van der Waals surface area contributed by atoms with Gasteiger partial charge >= 0.3 is 0 Å².